The van der Waals surface area contributed by atoms with E-state index in [1.807, 2.05) is 30.1 Å². The van der Waals surface area contributed by atoms with E-state index in [2.05, 4.69) is 39.7 Å². The molecule has 1 rings (SSSR count). The van der Waals surface area contributed by atoms with Crippen LogP contribution in [0.4, 0.5) is 5.82 Å². The van der Waals surface area contributed by atoms with Crippen LogP contribution in [0.25, 0.3) is 0 Å². The van der Waals surface area contributed by atoms with Crippen LogP contribution in [0.15, 0.2) is 29.4 Å². The molecule has 0 aromatic carbocycles. The molecule has 0 radical (unpaired) electrons. The molecule has 4 heteroatoms. The lowest BCUT2D eigenvalue weighted by Crippen LogP contribution is -2.06. The number of nitrogens with one attached hydrogen (secondary N) is 1. The summed E-state index contributed by atoms with van der Waals surface area (Å²) in [5, 5.41) is 3.30. The Balaban J connectivity index is 2.37. The fraction of sp³-hybridized carbons (Fsp3) is 0.364. The van der Waals surface area contributed by atoms with Crippen molar-refractivity contribution in [3.8, 4) is 0 Å². The van der Waals surface area contributed by atoms with Crippen molar-refractivity contribution in [1.29, 1.82) is 0 Å². The smallest absolute Gasteiger partial charge is 0.140 e. The van der Waals surface area contributed by atoms with Gasteiger partial charge in [-0.2, -0.15) is 11.8 Å². The van der Waals surface area contributed by atoms with E-state index in [0.29, 0.717) is 0 Å². The predicted octanol–water partition coefficient (Wildman–Crippen LogP) is 3.48. The Morgan fingerprint density at radius 1 is 1.67 bits per heavy atom. The minimum atomic E-state index is 0.924. The second kappa shape index (κ2) is 6.90. The van der Waals surface area contributed by atoms with Gasteiger partial charge in [-0.1, -0.05) is 6.08 Å². The first-order valence-corrected chi connectivity index (χ1v) is 6.74. The Labute approximate surface area is 104 Å². The molecule has 82 valence electrons. The first-order valence-electron chi connectivity index (χ1n) is 4.79. The molecule has 1 heterocycles. The minimum absolute atomic E-state index is 0.924. The first-order chi connectivity index (χ1) is 7.25. The normalized spacial score (nSPS) is 10.0. The highest BCUT2D eigenvalue weighted by molar-refractivity contribution is 9.10. The van der Waals surface area contributed by atoms with E-state index >= 15 is 0 Å². The highest BCUT2D eigenvalue weighted by Crippen LogP contribution is 2.22. The molecule has 0 fully saturated rings. The van der Waals surface area contributed by atoms with Gasteiger partial charge in [-0.05, 0) is 34.5 Å². The van der Waals surface area contributed by atoms with E-state index in [0.717, 1.165) is 28.3 Å². The van der Waals surface area contributed by atoms with E-state index < -0.39 is 0 Å². The van der Waals surface area contributed by atoms with Crippen molar-refractivity contribution in [3.05, 3.63) is 35.0 Å². The molecule has 0 unspecified atom stereocenters. The van der Waals surface area contributed by atoms with Crippen molar-refractivity contribution in [1.82, 2.24) is 4.98 Å². The molecule has 0 saturated heterocycles. The Hall–Kier alpha value is -0.480. The first kappa shape index (κ1) is 12.6. The Morgan fingerprint density at radius 2 is 2.47 bits per heavy atom. The van der Waals surface area contributed by atoms with Crippen LogP contribution < -0.4 is 5.32 Å². The van der Waals surface area contributed by atoms with Crippen molar-refractivity contribution in [2.75, 3.05) is 23.4 Å². The van der Waals surface area contributed by atoms with Crippen LogP contribution in [-0.2, 0) is 0 Å². The molecule has 0 atom stereocenters. The number of nitrogens with zero attached hydrogens (tertiary/aromatic N) is 1. The number of hydrogen-bond acceptors (Lipinski definition) is 3. The summed E-state index contributed by atoms with van der Waals surface area (Å²) in [6, 6.07) is 1.99. The van der Waals surface area contributed by atoms with Gasteiger partial charge in [0.15, 0.2) is 0 Å². The number of halogens is 1. The van der Waals surface area contributed by atoms with Gasteiger partial charge in [-0.25, -0.2) is 4.98 Å². The van der Waals surface area contributed by atoms with Gasteiger partial charge >= 0.3 is 0 Å². The summed E-state index contributed by atoms with van der Waals surface area (Å²) in [4.78, 5) is 4.27. The summed E-state index contributed by atoms with van der Waals surface area (Å²) in [6.07, 6.45) is 3.74. The number of rotatable bonds is 6. The fourth-order valence-electron chi connectivity index (χ4n) is 1.07. The summed E-state index contributed by atoms with van der Waals surface area (Å²) in [6.45, 7) is 6.66. The zero-order valence-corrected chi connectivity index (χ0v) is 11.2. The minimum Gasteiger partial charge on any atom is -0.368 e. The summed E-state index contributed by atoms with van der Waals surface area (Å²) in [5.41, 5.74) is 1.20. The molecular weight excluding hydrogens is 272 g/mol. The van der Waals surface area contributed by atoms with Gasteiger partial charge in [-0.3, -0.25) is 0 Å². The second-order valence-corrected chi connectivity index (χ2v) is 5.02. The number of anilines is 1. The van der Waals surface area contributed by atoms with Gasteiger partial charge in [0.05, 0.1) is 4.47 Å². The lowest BCUT2D eigenvalue weighted by atomic mass is 10.3. The van der Waals surface area contributed by atoms with E-state index in [1.54, 1.807) is 0 Å². The quantitative estimate of drug-likeness (QED) is 0.640. The Morgan fingerprint density at radius 3 is 3.20 bits per heavy atom. The van der Waals surface area contributed by atoms with Crippen molar-refractivity contribution in [3.63, 3.8) is 0 Å². The number of thioether (sulfide) groups is 1. The van der Waals surface area contributed by atoms with Crippen molar-refractivity contribution in [2.45, 2.75) is 6.92 Å². The van der Waals surface area contributed by atoms with E-state index in [-0.39, 0.29) is 0 Å². The van der Waals surface area contributed by atoms with Gasteiger partial charge < -0.3 is 5.32 Å². The maximum Gasteiger partial charge on any atom is 0.140 e. The lowest BCUT2D eigenvalue weighted by molar-refractivity contribution is 1.15. The van der Waals surface area contributed by atoms with Crippen LogP contribution in [0.3, 0.4) is 0 Å². The van der Waals surface area contributed by atoms with Crippen molar-refractivity contribution >= 4 is 33.5 Å². The zero-order chi connectivity index (χ0) is 11.1. The van der Waals surface area contributed by atoms with E-state index in [9.17, 15) is 0 Å². The average Bonchev–Trinajstić information content (AvgIpc) is 2.24. The molecule has 0 aliphatic carbocycles. The van der Waals surface area contributed by atoms with Gasteiger partial charge in [0.1, 0.15) is 5.82 Å². The van der Waals surface area contributed by atoms with Gasteiger partial charge in [0.2, 0.25) is 0 Å². The third-order valence-corrected chi connectivity index (χ3v) is 3.82. The number of aromatic nitrogens is 1. The summed E-state index contributed by atoms with van der Waals surface area (Å²) in [5.74, 6) is 2.99. The van der Waals surface area contributed by atoms with Crippen LogP contribution in [-0.4, -0.2) is 23.0 Å². The molecule has 15 heavy (non-hydrogen) atoms. The van der Waals surface area contributed by atoms with Crippen molar-refractivity contribution < 1.29 is 0 Å². The number of pyridine rings is 1. The maximum atomic E-state index is 4.27. The maximum absolute atomic E-state index is 4.27. The van der Waals surface area contributed by atoms with E-state index in [1.165, 1.54) is 5.56 Å². The molecule has 0 bridgehead atoms. The highest BCUT2D eigenvalue weighted by atomic mass is 79.9. The largest absolute Gasteiger partial charge is 0.368 e. The molecular formula is C11H15BrN2S. The van der Waals surface area contributed by atoms with Gasteiger partial charge in [0, 0.05) is 24.2 Å². The van der Waals surface area contributed by atoms with Crippen LogP contribution in [0, 0.1) is 6.92 Å². The molecule has 0 amide bonds. The zero-order valence-electron chi connectivity index (χ0n) is 8.79. The molecule has 1 aromatic heterocycles. The fourth-order valence-corrected chi connectivity index (χ4v) is 2.03. The molecule has 0 aliphatic rings. The molecule has 0 aliphatic heterocycles. The third kappa shape index (κ3) is 4.26. The van der Waals surface area contributed by atoms with Crippen molar-refractivity contribution in [2.24, 2.45) is 0 Å². The monoisotopic (exact) mass is 286 g/mol. The lowest BCUT2D eigenvalue weighted by Gasteiger charge is -2.08. The van der Waals surface area contributed by atoms with Crippen LogP contribution in [0.1, 0.15) is 5.56 Å². The van der Waals surface area contributed by atoms with Crippen LogP contribution in [0.5, 0.6) is 0 Å². The average molecular weight is 287 g/mol. The Bertz CT molecular complexity index is 328. The predicted molar refractivity (Wildman–Crippen MR) is 72.7 cm³/mol. The third-order valence-electron chi connectivity index (χ3n) is 1.86. The summed E-state index contributed by atoms with van der Waals surface area (Å²) < 4.78 is 1.05. The highest BCUT2D eigenvalue weighted by Gasteiger charge is 2.02. The summed E-state index contributed by atoms with van der Waals surface area (Å²) >= 11 is 5.37. The van der Waals surface area contributed by atoms with Gasteiger partial charge in [0.25, 0.3) is 0 Å². The summed E-state index contributed by atoms with van der Waals surface area (Å²) in [7, 11) is 0. The van der Waals surface area contributed by atoms with E-state index in [4.69, 9.17) is 0 Å². The molecule has 0 saturated carbocycles. The number of aryl methyl sites for hydroxylation is 1. The molecule has 0 spiro atoms. The van der Waals surface area contributed by atoms with Crippen LogP contribution in [0.2, 0.25) is 0 Å². The number of hydrogen-bond donors (Lipinski definition) is 1. The SMILES string of the molecule is C=CCSCCNc1nccc(C)c1Br. The Kier molecular flexibility index (Phi) is 5.79. The molecule has 1 N–H and O–H groups in total. The topological polar surface area (TPSA) is 24.9 Å². The molecule has 2 nitrogen and oxygen atoms in total. The van der Waals surface area contributed by atoms with Gasteiger partial charge in [-0.15, -0.1) is 6.58 Å². The van der Waals surface area contributed by atoms with Crippen LogP contribution >= 0.6 is 27.7 Å². The standard InChI is InChI=1S/C11H15BrN2S/c1-3-7-15-8-6-14-11-10(12)9(2)4-5-13-11/h3-5H,1,6-8H2,2H3,(H,13,14). The molecule has 1 aromatic rings. The second-order valence-electron chi connectivity index (χ2n) is 3.08.